The van der Waals surface area contributed by atoms with Crippen LogP contribution in [0.5, 0.6) is 0 Å². The highest BCUT2D eigenvalue weighted by Gasteiger charge is 2.17. The molecule has 0 N–H and O–H groups in total. The number of nitrogens with zero attached hydrogens (tertiary/aromatic N) is 1. The van der Waals surface area contributed by atoms with Gasteiger partial charge in [-0.1, -0.05) is 41.0 Å². The first kappa shape index (κ1) is 19.2. The molecule has 0 radical (unpaired) electrons. The molecule has 3 rings (SSSR count). The van der Waals surface area contributed by atoms with Crippen LogP contribution < -0.4 is 0 Å². The van der Waals surface area contributed by atoms with Crippen LogP contribution in [0.25, 0.3) is 10.6 Å². The lowest BCUT2D eigenvalue weighted by molar-refractivity contribution is 0.0531. The Morgan fingerprint density at radius 3 is 2.58 bits per heavy atom. The maximum atomic E-state index is 12.0. The Labute approximate surface area is 170 Å². The van der Waals surface area contributed by atoms with E-state index >= 15 is 0 Å². The molecule has 1 aromatic heterocycles. The van der Waals surface area contributed by atoms with E-state index in [-0.39, 0.29) is 5.97 Å². The number of esters is 1. The first-order chi connectivity index (χ1) is 12.5. The van der Waals surface area contributed by atoms with Gasteiger partial charge in [0.05, 0.1) is 17.3 Å². The molecule has 0 bridgehead atoms. The summed E-state index contributed by atoms with van der Waals surface area (Å²) < 4.78 is 5.07. The highest BCUT2D eigenvalue weighted by Crippen LogP contribution is 2.37. The molecule has 26 heavy (non-hydrogen) atoms. The molecular formula is C19H15Cl2NO2S2. The first-order valence-electron chi connectivity index (χ1n) is 7.86. The number of carbonyl (C=O) groups is 1. The van der Waals surface area contributed by atoms with Gasteiger partial charge in [-0.05, 0) is 50.2 Å². The SMILES string of the molecule is CCOC(=O)c1sc(-c2ccc(Sc3ccc(Cl)cc3)c(Cl)c2)nc1C. The summed E-state index contributed by atoms with van der Waals surface area (Å²) in [6, 6.07) is 13.4. The number of halogens is 2. The van der Waals surface area contributed by atoms with Gasteiger partial charge in [-0.2, -0.15) is 0 Å². The Balaban J connectivity index is 1.84. The third-order valence-corrected chi connectivity index (χ3v) is 6.42. The Bertz CT molecular complexity index is 939. The maximum Gasteiger partial charge on any atom is 0.350 e. The number of rotatable bonds is 5. The summed E-state index contributed by atoms with van der Waals surface area (Å²) in [4.78, 5) is 19.0. The van der Waals surface area contributed by atoms with Crippen molar-refractivity contribution in [2.24, 2.45) is 0 Å². The smallest absolute Gasteiger partial charge is 0.350 e. The third-order valence-electron chi connectivity index (χ3n) is 3.48. The fourth-order valence-electron chi connectivity index (χ4n) is 2.25. The van der Waals surface area contributed by atoms with Crippen molar-refractivity contribution in [3.63, 3.8) is 0 Å². The van der Waals surface area contributed by atoms with E-state index in [4.69, 9.17) is 27.9 Å². The highest BCUT2D eigenvalue weighted by molar-refractivity contribution is 7.99. The van der Waals surface area contributed by atoms with Crippen LogP contribution >= 0.6 is 46.3 Å². The number of aromatic nitrogens is 1. The number of hydrogen-bond donors (Lipinski definition) is 0. The Morgan fingerprint density at radius 2 is 1.92 bits per heavy atom. The lowest BCUT2D eigenvalue weighted by Gasteiger charge is -2.06. The zero-order valence-electron chi connectivity index (χ0n) is 14.1. The predicted molar refractivity (Wildman–Crippen MR) is 109 cm³/mol. The molecular weight excluding hydrogens is 409 g/mol. The molecule has 2 aromatic carbocycles. The van der Waals surface area contributed by atoms with Crippen molar-refractivity contribution in [1.29, 1.82) is 0 Å². The van der Waals surface area contributed by atoms with Gasteiger partial charge in [0.25, 0.3) is 0 Å². The fraction of sp³-hybridized carbons (Fsp3) is 0.158. The molecule has 7 heteroatoms. The Hall–Kier alpha value is -1.53. The maximum absolute atomic E-state index is 12.0. The van der Waals surface area contributed by atoms with Crippen molar-refractivity contribution in [3.05, 3.63) is 63.1 Å². The molecule has 0 spiro atoms. The second-order valence-electron chi connectivity index (χ2n) is 5.36. The molecule has 0 amide bonds. The van der Waals surface area contributed by atoms with Crippen molar-refractivity contribution in [1.82, 2.24) is 4.98 Å². The minimum atomic E-state index is -0.338. The molecule has 0 unspecified atom stereocenters. The van der Waals surface area contributed by atoms with Crippen molar-refractivity contribution in [3.8, 4) is 10.6 Å². The van der Waals surface area contributed by atoms with E-state index in [1.54, 1.807) is 25.6 Å². The van der Waals surface area contributed by atoms with Crippen LogP contribution in [0.3, 0.4) is 0 Å². The second kappa shape index (κ2) is 8.44. The molecule has 0 aliphatic carbocycles. The van der Waals surface area contributed by atoms with Crippen LogP contribution in [0.4, 0.5) is 0 Å². The third kappa shape index (κ3) is 4.41. The van der Waals surface area contributed by atoms with Crippen molar-refractivity contribution >= 4 is 52.3 Å². The van der Waals surface area contributed by atoms with Crippen LogP contribution in [0.1, 0.15) is 22.3 Å². The summed E-state index contributed by atoms with van der Waals surface area (Å²) in [6.07, 6.45) is 0. The Kier molecular flexibility index (Phi) is 6.24. The minimum Gasteiger partial charge on any atom is -0.462 e. The standard InChI is InChI=1S/C19H15Cl2NO2S2/c1-3-24-19(23)17-11(2)22-18(26-17)12-4-9-16(15(21)10-12)25-14-7-5-13(20)6-8-14/h4-10H,3H2,1-2H3. The molecule has 0 atom stereocenters. The average molecular weight is 424 g/mol. The van der Waals surface area contributed by atoms with E-state index in [1.807, 2.05) is 42.5 Å². The molecule has 134 valence electrons. The van der Waals surface area contributed by atoms with Crippen LogP contribution in [-0.4, -0.2) is 17.6 Å². The van der Waals surface area contributed by atoms with Gasteiger partial charge in [-0.15, -0.1) is 11.3 Å². The quantitative estimate of drug-likeness (QED) is 0.425. The van der Waals surface area contributed by atoms with Gasteiger partial charge < -0.3 is 4.74 Å². The zero-order chi connectivity index (χ0) is 18.7. The number of thiazole rings is 1. The average Bonchev–Trinajstić information content (AvgIpc) is 3.01. The molecule has 3 nitrogen and oxygen atoms in total. The molecule has 0 aliphatic rings. The fourth-order valence-corrected chi connectivity index (χ4v) is 4.45. The first-order valence-corrected chi connectivity index (χ1v) is 10.2. The summed E-state index contributed by atoms with van der Waals surface area (Å²) in [6.45, 7) is 3.93. The van der Waals surface area contributed by atoms with Crippen molar-refractivity contribution < 1.29 is 9.53 Å². The van der Waals surface area contributed by atoms with Crippen LogP contribution in [0.2, 0.25) is 10.0 Å². The molecule has 0 aliphatic heterocycles. The van der Waals surface area contributed by atoms with Crippen LogP contribution in [0, 0.1) is 6.92 Å². The van der Waals surface area contributed by atoms with E-state index in [9.17, 15) is 4.79 Å². The van der Waals surface area contributed by atoms with Gasteiger partial charge >= 0.3 is 5.97 Å². The topological polar surface area (TPSA) is 39.2 Å². The van der Waals surface area contributed by atoms with Crippen molar-refractivity contribution in [2.45, 2.75) is 23.6 Å². The van der Waals surface area contributed by atoms with E-state index < -0.39 is 0 Å². The van der Waals surface area contributed by atoms with Gasteiger partial charge in [-0.3, -0.25) is 0 Å². The van der Waals surface area contributed by atoms with Crippen molar-refractivity contribution in [2.75, 3.05) is 6.61 Å². The minimum absolute atomic E-state index is 0.338. The van der Waals surface area contributed by atoms with E-state index in [2.05, 4.69) is 4.98 Å². The summed E-state index contributed by atoms with van der Waals surface area (Å²) in [7, 11) is 0. The summed E-state index contributed by atoms with van der Waals surface area (Å²) >= 11 is 15.3. The van der Waals surface area contributed by atoms with E-state index in [0.717, 1.165) is 20.4 Å². The number of carbonyl (C=O) groups excluding carboxylic acids is 1. The van der Waals surface area contributed by atoms with Gasteiger partial charge in [0.2, 0.25) is 0 Å². The number of hydrogen-bond acceptors (Lipinski definition) is 5. The lowest BCUT2D eigenvalue weighted by Crippen LogP contribution is -2.03. The molecule has 1 heterocycles. The highest BCUT2D eigenvalue weighted by atomic mass is 35.5. The predicted octanol–water partition coefficient (Wildman–Crippen LogP) is 6.75. The van der Waals surface area contributed by atoms with Crippen LogP contribution in [-0.2, 0) is 4.74 Å². The van der Waals surface area contributed by atoms with E-state index in [0.29, 0.717) is 27.2 Å². The summed E-state index contributed by atoms with van der Waals surface area (Å²) in [5.41, 5.74) is 1.54. The monoisotopic (exact) mass is 423 g/mol. The van der Waals surface area contributed by atoms with E-state index in [1.165, 1.54) is 11.3 Å². The molecule has 3 aromatic rings. The second-order valence-corrected chi connectivity index (χ2v) is 8.31. The number of benzene rings is 2. The molecule has 0 fully saturated rings. The summed E-state index contributed by atoms with van der Waals surface area (Å²) in [5, 5.41) is 2.08. The van der Waals surface area contributed by atoms with Gasteiger partial charge in [-0.25, -0.2) is 9.78 Å². The lowest BCUT2D eigenvalue weighted by atomic mass is 10.2. The largest absolute Gasteiger partial charge is 0.462 e. The number of ether oxygens (including phenoxy) is 1. The van der Waals surface area contributed by atoms with Crippen LogP contribution in [0.15, 0.2) is 52.3 Å². The zero-order valence-corrected chi connectivity index (χ0v) is 17.2. The summed E-state index contributed by atoms with van der Waals surface area (Å²) in [5.74, 6) is -0.338. The molecule has 0 saturated carbocycles. The number of aryl methyl sites for hydroxylation is 1. The Morgan fingerprint density at radius 1 is 1.19 bits per heavy atom. The normalized spacial score (nSPS) is 10.8. The van der Waals surface area contributed by atoms with Gasteiger partial charge in [0, 0.05) is 20.4 Å². The molecule has 0 saturated heterocycles. The van der Waals surface area contributed by atoms with Gasteiger partial charge in [0.15, 0.2) is 0 Å². The van der Waals surface area contributed by atoms with Gasteiger partial charge in [0.1, 0.15) is 9.88 Å².